The fourth-order valence-corrected chi connectivity index (χ4v) is 11.9. The minimum atomic E-state index is -3.71. The molecule has 2 saturated heterocycles. The van der Waals surface area contributed by atoms with E-state index in [1.165, 1.54) is 26.0 Å². The van der Waals surface area contributed by atoms with Gasteiger partial charge in [0, 0.05) is 43.9 Å². The number of carbonyl (C=O) groups excluding carboxylic acids is 6. The van der Waals surface area contributed by atoms with Crippen LogP contribution in [0.3, 0.4) is 0 Å². The summed E-state index contributed by atoms with van der Waals surface area (Å²) in [7, 11) is 0. The Morgan fingerprint density at radius 2 is 1.48 bits per heavy atom. The first-order valence-electron chi connectivity index (χ1n) is 25.5. The van der Waals surface area contributed by atoms with Crippen LogP contribution >= 0.6 is 0 Å². The average Bonchev–Trinajstić information content (AvgIpc) is 3.64. The van der Waals surface area contributed by atoms with Gasteiger partial charge in [-0.2, -0.15) is 13.8 Å². The van der Waals surface area contributed by atoms with Crippen molar-refractivity contribution in [3.05, 3.63) is 142 Å². The molecule has 5 aliphatic rings. The Hall–Kier alpha value is -7.32. The van der Waals surface area contributed by atoms with Crippen LogP contribution in [0.2, 0.25) is 0 Å². The first kappa shape index (κ1) is 58.8. The van der Waals surface area contributed by atoms with E-state index < -0.39 is 149 Å². The van der Waals surface area contributed by atoms with Crippen molar-refractivity contribution in [2.24, 2.45) is 16.7 Å². The van der Waals surface area contributed by atoms with E-state index in [2.05, 4.69) is 10.3 Å². The minimum absolute atomic E-state index is 0.00289. The molecule has 22 nitrogen and oxygen atoms in total. The van der Waals surface area contributed by atoms with Gasteiger partial charge >= 0.3 is 35.5 Å². The molecule has 3 aromatic carbocycles. The highest BCUT2D eigenvalue weighted by Crippen LogP contribution is 2.64. The molecule has 80 heavy (non-hydrogen) atoms. The third-order valence-corrected chi connectivity index (χ3v) is 16.1. The van der Waals surface area contributed by atoms with Crippen molar-refractivity contribution in [3.63, 3.8) is 0 Å². The van der Waals surface area contributed by atoms with Crippen LogP contribution in [0, 0.1) is 16.7 Å². The predicted molar refractivity (Wildman–Crippen MR) is 273 cm³/mol. The molecule has 428 valence electrons. The molecule has 4 fully saturated rings. The van der Waals surface area contributed by atoms with Crippen LogP contribution in [-0.4, -0.2) is 150 Å². The molecular formula is C56H62F2N4O18. The number of aliphatic hydroxyl groups is 5. The number of nitrogen functional groups attached to an aromatic ring is 1. The van der Waals surface area contributed by atoms with Gasteiger partial charge in [-0.15, -0.1) is 0 Å². The number of esters is 4. The van der Waals surface area contributed by atoms with E-state index >= 15 is 4.79 Å². The molecule has 2 bridgehead atoms. The Morgan fingerprint density at radius 3 is 2.01 bits per heavy atom. The van der Waals surface area contributed by atoms with Crippen LogP contribution in [0.4, 0.5) is 14.6 Å². The van der Waals surface area contributed by atoms with Gasteiger partial charge in [0.2, 0.25) is 6.23 Å². The number of alkyl halides is 2. The highest BCUT2D eigenvalue weighted by atomic mass is 19.3. The maximum Gasteiger partial charge on any atom is 0.351 e. The van der Waals surface area contributed by atoms with Crippen molar-refractivity contribution >= 4 is 41.4 Å². The van der Waals surface area contributed by atoms with Crippen molar-refractivity contribution in [2.75, 3.05) is 18.9 Å². The lowest BCUT2D eigenvalue weighted by atomic mass is 9.44. The van der Waals surface area contributed by atoms with E-state index in [9.17, 15) is 58.0 Å². The lowest BCUT2D eigenvalue weighted by Gasteiger charge is -2.67. The van der Waals surface area contributed by atoms with Gasteiger partial charge in [-0.25, -0.2) is 14.4 Å². The van der Waals surface area contributed by atoms with Crippen LogP contribution in [0.1, 0.15) is 92.9 Å². The molecule has 0 spiro atoms. The molecule has 3 heterocycles. The van der Waals surface area contributed by atoms with Gasteiger partial charge in [0.15, 0.2) is 29.7 Å². The van der Waals surface area contributed by atoms with E-state index in [-0.39, 0.29) is 41.1 Å². The zero-order chi connectivity index (χ0) is 58.4. The van der Waals surface area contributed by atoms with Crippen molar-refractivity contribution in [1.29, 1.82) is 0 Å². The molecular weight excluding hydrogens is 1050 g/mol. The highest BCUT2D eigenvalue weighted by Gasteiger charge is 2.78. The summed E-state index contributed by atoms with van der Waals surface area (Å²) in [5.41, 5.74) is -2.81. The molecule has 4 aromatic rings. The van der Waals surface area contributed by atoms with Crippen molar-refractivity contribution in [3.8, 4) is 0 Å². The van der Waals surface area contributed by atoms with Gasteiger partial charge in [0.25, 0.3) is 5.91 Å². The van der Waals surface area contributed by atoms with Gasteiger partial charge < -0.3 is 65.0 Å². The first-order chi connectivity index (χ1) is 37.6. The van der Waals surface area contributed by atoms with Crippen LogP contribution in [0.15, 0.2) is 119 Å². The maximum atomic E-state index is 15.5. The number of aromatic nitrogens is 2. The lowest BCUT2D eigenvalue weighted by molar-refractivity contribution is -0.346. The van der Waals surface area contributed by atoms with Crippen LogP contribution in [-0.2, 0) is 47.6 Å². The Bertz CT molecular complexity index is 3110. The zero-order valence-electron chi connectivity index (χ0n) is 44.3. The lowest BCUT2D eigenvalue weighted by Crippen LogP contribution is -2.82. The summed E-state index contributed by atoms with van der Waals surface area (Å²) in [4.78, 5) is 98.2. The number of nitrogens with two attached hydrogens (primary N) is 1. The number of Topliss-reactive ketones (excluding diaryl/α,β-unsaturated/α-hetero) is 1. The molecule has 9 rings (SSSR count). The van der Waals surface area contributed by atoms with E-state index in [0.717, 1.165) is 26.1 Å². The SMILES string of the molecule is CC(=O)O[C@H]1C(=O)[C@@]2(C)[C@H]([C@H](OC(=O)c3ccccc3)[C@]3(O)C[C@H](OC(=O)[C@H](O)[C@@H](NC(=O)c4ccccc4)c4ccccc4)C(C)=C1C3(C)C)[C@]1(OC(C)=O)CO[C@@H]1C[C@@H]2O.Nc1ccn([C@@H]2O[C@H](CO)[C@@H](O)C2(F)F)c(=O)n1. The number of ketones is 1. The number of hydrogen-bond donors (Lipinski definition) is 7. The fraction of sp³-hybridized carbons (Fsp3) is 0.464. The summed E-state index contributed by atoms with van der Waals surface area (Å²) < 4.78 is 63.0. The number of benzene rings is 3. The average molecular weight is 1120 g/mol. The summed E-state index contributed by atoms with van der Waals surface area (Å²) in [5.74, 6) is -10.7. The predicted octanol–water partition coefficient (Wildman–Crippen LogP) is 2.45. The quantitative estimate of drug-likeness (QED) is 0.0608. The second-order valence-electron chi connectivity index (χ2n) is 21.2. The molecule has 2 saturated carbocycles. The summed E-state index contributed by atoms with van der Waals surface area (Å²) in [6.45, 7) is 7.19. The fourth-order valence-electron chi connectivity index (χ4n) is 11.9. The second kappa shape index (κ2) is 22.3. The first-order valence-corrected chi connectivity index (χ1v) is 25.5. The van der Waals surface area contributed by atoms with Gasteiger partial charge in [0.05, 0.1) is 42.3 Å². The number of halogens is 2. The van der Waals surface area contributed by atoms with Crippen molar-refractivity contribution in [2.45, 2.75) is 133 Å². The summed E-state index contributed by atoms with van der Waals surface area (Å²) in [5, 5.41) is 58.3. The van der Waals surface area contributed by atoms with Crippen molar-refractivity contribution in [1.82, 2.24) is 14.9 Å². The maximum absolute atomic E-state index is 15.5. The summed E-state index contributed by atoms with van der Waals surface area (Å²) >= 11 is 0. The molecule has 1 amide bonds. The molecule has 0 unspecified atom stereocenters. The Balaban J connectivity index is 0.000000395. The molecule has 8 N–H and O–H groups in total. The summed E-state index contributed by atoms with van der Waals surface area (Å²) in [6.07, 6.45) is -15.2. The number of ether oxygens (including phenoxy) is 6. The van der Waals surface area contributed by atoms with E-state index in [0.29, 0.717) is 10.1 Å². The second-order valence-corrected chi connectivity index (χ2v) is 21.2. The number of fused-ring (bicyclic) bond motifs is 5. The number of nitrogens with zero attached hydrogens (tertiary/aromatic N) is 2. The van der Waals surface area contributed by atoms with Gasteiger partial charge in [-0.05, 0) is 60.9 Å². The summed E-state index contributed by atoms with van der Waals surface area (Å²) in [6, 6.07) is 24.1. The number of hydrogen-bond acceptors (Lipinski definition) is 20. The van der Waals surface area contributed by atoms with Gasteiger partial charge in [-0.1, -0.05) is 80.6 Å². The molecule has 14 atom stereocenters. The minimum Gasteiger partial charge on any atom is -0.456 e. The Kier molecular flexibility index (Phi) is 16.4. The third-order valence-electron chi connectivity index (χ3n) is 16.1. The van der Waals surface area contributed by atoms with Crippen LogP contribution in [0.25, 0.3) is 0 Å². The Morgan fingerprint density at radius 1 is 0.875 bits per heavy atom. The third kappa shape index (κ3) is 10.3. The monoisotopic (exact) mass is 1120 g/mol. The van der Waals surface area contributed by atoms with E-state index in [1.807, 2.05) is 0 Å². The van der Waals surface area contributed by atoms with Crippen LogP contribution in [0.5, 0.6) is 0 Å². The van der Waals surface area contributed by atoms with Gasteiger partial charge in [-0.3, -0.25) is 23.7 Å². The largest absolute Gasteiger partial charge is 0.456 e. The zero-order valence-corrected chi connectivity index (χ0v) is 44.3. The van der Waals surface area contributed by atoms with Gasteiger partial charge in [0.1, 0.15) is 35.8 Å². The Labute approximate surface area is 456 Å². The molecule has 24 heteroatoms. The number of nitrogens with one attached hydrogen (secondary N) is 1. The van der Waals surface area contributed by atoms with Crippen LogP contribution < -0.4 is 16.7 Å². The van der Waals surface area contributed by atoms with E-state index in [4.69, 9.17) is 39.3 Å². The molecule has 3 aliphatic carbocycles. The number of aliphatic hydroxyl groups excluding tert-OH is 4. The molecule has 1 aromatic heterocycles. The topological polar surface area (TPSA) is 332 Å². The highest BCUT2D eigenvalue weighted by molar-refractivity contribution is 5.96. The number of rotatable bonds is 12. The smallest absolute Gasteiger partial charge is 0.351 e. The molecule has 0 radical (unpaired) electrons. The number of anilines is 1. The molecule has 2 aliphatic heterocycles. The van der Waals surface area contributed by atoms with E-state index in [1.54, 1.807) is 92.7 Å². The standard InChI is InChI=1S/C47H51NO14.C9H11F2N3O4/c1-25-31(60-43(56)36(52)35(28-16-10-7-11-17-28)48-41(54)29-18-12-8-13-19-29)23-47(57)40(61-42(55)30-20-14-9-15-21-30)38-45(6,32(51)22-33-46(38,24-58-33)62-27(3)50)39(53)37(59-26(2)49)34(25)44(47,4)5;10-9(11)6(16)4(3-15)18-7(9)14-2-1-5(12)13-8(14)17/h7-21,31-33,35-38,40,51-52,57H,22-24H2,1-6H3,(H,48,54);1-2,4,6-7,15-16H,3H2,(H2,12,13,17)/t31-,32-,33+,35-,36+,37+,38-,40-,45+,46-,47+;4-,6-,7-/m01/s1. The normalized spacial score (nSPS) is 31.6. The van der Waals surface area contributed by atoms with Crippen molar-refractivity contribution < 1.29 is 91.5 Å². The number of amides is 1. The number of carbonyl (C=O) groups is 6.